The first-order valence-corrected chi connectivity index (χ1v) is 4.72. The zero-order chi connectivity index (χ0) is 11.7. The molecule has 1 unspecified atom stereocenters. The van der Waals surface area contributed by atoms with Gasteiger partial charge in [-0.2, -0.15) is 0 Å². The van der Waals surface area contributed by atoms with E-state index in [1.165, 1.54) is 7.11 Å². The van der Waals surface area contributed by atoms with Gasteiger partial charge in [-0.1, -0.05) is 6.92 Å². The third-order valence-corrected chi connectivity index (χ3v) is 1.75. The van der Waals surface area contributed by atoms with Crippen LogP contribution in [0, 0.1) is 5.92 Å². The molecule has 0 bridgehead atoms. The van der Waals surface area contributed by atoms with Crippen molar-refractivity contribution in [1.29, 1.82) is 0 Å². The fourth-order valence-corrected chi connectivity index (χ4v) is 0.848. The number of carbonyl (C=O) groups excluding carboxylic acids is 1. The number of hydrogen-bond donors (Lipinski definition) is 2. The number of methoxy groups -OCH3 is 2. The molecular formula is C9H19N3O3. The summed E-state index contributed by atoms with van der Waals surface area (Å²) in [5.74, 6) is -0.260. The van der Waals surface area contributed by atoms with Crippen molar-refractivity contribution in [2.75, 3.05) is 33.9 Å². The van der Waals surface area contributed by atoms with Crippen LogP contribution in [0.1, 0.15) is 6.92 Å². The van der Waals surface area contributed by atoms with E-state index in [2.05, 4.69) is 15.0 Å². The van der Waals surface area contributed by atoms with Gasteiger partial charge >= 0.3 is 5.97 Å². The first kappa shape index (κ1) is 13.7. The summed E-state index contributed by atoms with van der Waals surface area (Å²) in [4.78, 5) is 15.0. The van der Waals surface area contributed by atoms with Crippen molar-refractivity contribution in [1.82, 2.24) is 5.32 Å². The maximum Gasteiger partial charge on any atom is 0.310 e. The van der Waals surface area contributed by atoms with E-state index in [1.807, 2.05) is 0 Å². The van der Waals surface area contributed by atoms with Crippen LogP contribution in [0.4, 0.5) is 0 Å². The Hall–Kier alpha value is -1.30. The van der Waals surface area contributed by atoms with E-state index in [9.17, 15) is 4.79 Å². The van der Waals surface area contributed by atoms with Gasteiger partial charge in [-0.3, -0.25) is 9.79 Å². The number of nitrogens with zero attached hydrogens (tertiary/aromatic N) is 1. The topological polar surface area (TPSA) is 85.9 Å². The maximum atomic E-state index is 11.0. The normalized spacial score (nSPS) is 13.4. The molecular weight excluding hydrogens is 198 g/mol. The minimum atomic E-state index is -0.288. The molecule has 0 heterocycles. The Balaban J connectivity index is 3.78. The van der Waals surface area contributed by atoms with Crippen LogP contribution in [0.2, 0.25) is 0 Å². The van der Waals surface area contributed by atoms with Crippen LogP contribution in [0.5, 0.6) is 0 Å². The lowest BCUT2D eigenvalue weighted by atomic mass is 10.2. The molecule has 6 heteroatoms. The fraction of sp³-hybridized carbons (Fsp3) is 0.778. The molecule has 88 valence electrons. The molecule has 0 saturated carbocycles. The molecule has 0 aliphatic heterocycles. The molecule has 0 aromatic rings. The minimum Gasteiger partial charge on any atom is -0.469 e. The average molecular weight is 217 g/mol. The van der Waals surface area contributed by atoms with Gasteiger partial charge < -0.3 is 20.5 Å². The molecule has 3 N–H and O–H groups in total. The van der Waals surface area contributed by atoms with Crippen molar-refractivity contribution < 1.29 is 14.3 Å². The van der Waals surface area contributed by atoms with Crippen LogP contribution >= 0.6 is 0 Å². The molecule has 0 fully saturated rings. The molecule has 0 amide bonds. The third kappa shape index (κ3) is 6.73. The standard InChI is InChI=1S/C9H19N3O3/c1-7(8(13)15-3)6-12-9(10)11-4-5-14-2/h7H,4-6H2,1-3H3,(H3,10,11,12). The van der Waals surface area contributed by atoms with Crippen molar-refractivity contribution in [3.63, 3.8) is 0 Å². The highest BCUT2D eigenvalue weighted by atomic mass is 16.5. The van der Waals surface area contributed by atoms with Crippen LogP contribution in [-0.2, 0) is 14.3 Å². The second kappa shape index (κ2) is 8.05. The average Bonchev–Trinajstić information content (AvgIpc) is 2.25. The van der Waals surface area contributed by atoms with Crippen LogP contribution < -0.4 is 11.1 Å². The summed E-state index contributed by atoms with van der Waals surface area (Å²) in [6, 6.07) is 0. The number of nitrogens with one attached hydrogen (secondary N) is 1. The smallest absolute Gasteiger partial charge is 0.310 e. The van der Waals surface area contributed by atoms with Crippen LogP contribution in [0.25, 0.3) is 0 Å². The van der Waals surface area contributed by atoms with Gasteiger partial charge in [-0.05, 0) is 0 Å². The van der Waals surface area contributed by atoms with E-state index in [4.69, 9.17) is 10.5 Å². The highest BCUT2D eigenvalue weighted by molar-refractivity contribution is 5.78. The SMILES string of the molecule is COCCNC(N)=NCC(C)C(=O)OC. The van der Waals surface area contributed by atoms with Gasteiger partial charge in [-0.25, -0.2) is 0 Å². The Labute approximate surface area is 89.8 Å². The molecule has 0 aromatic carbocycles. The number of guanidine groups is 1. The summed E-state index contributed by atoms with van der Waals surface area (Å²) >= 11 is 0. The number of hydrogen-bond acceptors (Lipinski definition) is 4. The molecule has 1 atom stereocenters. The second-order valence-electron chi connectivity index (χ2n) is 3.07. The molecule has 0 radical (unpaired) electrons. The summed E-state index contributed by atoms with van der Waals surface area (Å²) in [6.07, 6.45) is 0. The van der Waals surface area contributed by atoms with E-state index in [1.54, 1.807) is 14.0 Å². The quantitative estimate of drug-likeness (QED) is 0.267. The molecule has 6 nitrogen and oxygen atoms in total. The van der Waals surface area contributed by atoms with Crippen molar-refractivity contribution in [3.8, 4) is 0 Å². The summed E-state index contributed by atoms with van der Waals surface area (Å²) in [7, 11) is 2.96. The molecule has 0 spiro atoms. The Morgan fingerprint density at radius 2 is 2.20 bits per heavy atom. The predicted octanol–water partition coefficient (Wildman–Crippen LogP) is -0.654. The number of ether oxygens (including phenoxy) is 2. The largest absolute Gasteiger partial charge is 0.469 e. The first-order chi connectivity index (χ1) is 7.11. The molecule has 0 aromatic heterocycles. The van der Waals surface area contributed by atoms with Crippen LogP contribution in [-0.4, -0.2) is 45.8 Å². The molecule has 0 aliphatic carbocycles. The highest BCUT2D eigenvalue weighted by Gasteiger charge is 2.11. The molecule has 0 aliphatic rings. The van der Waals surface area contributed by atoms with Crippen molar-refractivity contribution in [2.24, 2.45) is 16.6 Å². The number of rotatable bonds is 6. The zero-order valence-electron chi connectivity index (χ0n) is 9.45. The Bertz CT molecular complexity index is 219. The van der Waals surface area contributed by atoms with Gasteiger partial charge in [0.05, 0.1) is 26.2 Å². The van der Waals surface area contributed by atoms with Crippen molar-refractivity contribution >= 4 is 11.9 Å². The highest BCUT2D eigenvalue weighted by Crippen LogP contribution is 1.97. The predicted molar refractivity (Wildman–Crippen MR) is 57.5 cm³/mol. The van der Waals surface area contributed by atoms with E-state index in [0.29, 0.717) is 25.7 Å². The molecule has 15 heavy (non-hydrogen) atoms. The number of aliphatic imine (C=N–C) groups is 1. The second-order valence-corrected chi connectivity index (χ2v) is 3.07. The van der Waals surface area contributed by atoms with Gasteiger partial charge in [0.15, 0.2) is 5.96 Å². The van der Waals surface area contributed by atoms with Crippen molar-refractivity contribution in [3.05, 3.63) is 0 Å². The van der Waals surface area contributed by atoms with Crippen molar-refractivity contribution in [2.45, 2.75) is 6.92 Å². The third-order valence-electron chi connectivity index (χ3n) is 1.75. The van der Waals surface area contributed by atoms with Gasteiger partial charge in [-0.15, -0.1) is 0 Å². The lowest BCUT2D eigenvalue weighted by Crippen LogP contribution is -2.34. The Kier molecular flexibility index (Phi) is 7.35. The van der Waals surface area contributed by atoms with E-state index < -0.39 is 0 Å². The summed E-state index contributed by atoms with van der Waals surface area (Å²) in [6.45, 7) is 3.21. The maximum absolute atomic E-state index is 11.0. The lowest BCUT2D eigenvalue weighted by Gasteiger charge is -2.07. The first-order valence-electron chi connectivity index (χ1n) is 4.72. The number of esters is 1. The van der Waals surface area contributed by atoms with E-state index in [-0.39, 0.29) is 11.9 Å². The van der Waals surface area contributed by atoms with E-state index in [0.717, 1.165) is 0 Å². The van der Waals surface area contributed by atoms with Gasteiger partial charge in [0, 0.05) is 13.7 Å². The zero-order valence-corrected chi connectivity index (χ0v) is 9.45. The van der Waals surface area contributed by atoms with Crippen LogP contribution in [0.15, 0.2) is 4.99 Å². The fourth-order valence-electron chi connectivity index (χ4n) is 0.848. The number of carbonyl (C=O) groups is 1. The monoisotopic (exact) mass is 217 g/mol. The van der Waals surface area contributed by atoms with E-state index >= 15 is 0 Å². The van der Waals surface area contributed by atoms with Crippen LogP contribution in [0.3, 0.4) is 0 Å². The molecule has 0 rings (SSSR count). The summed E-state index contributed by atoms with van der Waals surface area (Å²) in [5, 5.41) is 2.85. The summed E-state index contributed by atoms with van der Waals surface area (Å²) in [5.41, 5.74) is 5.54. The summed E-state index contributed by atoms with van der Waals surface area (Å²) < 4.78 is 9.38. The molecule has 0 saturated heterocycles. The number of nitrogens with two attached hydrogens (primary N) is 1. The minimum absolute atomic E-state index is 0.280. The lowest BCUT2D eigenvalue weighted by molar-refractivity contribution is -0.144. The van der Waals surface area contributed by atoms with Gasteiger partial charge in [0.2, 0.25) is 0 Å². The van der Waals surface area contributed by atoms with Gasteiger partial charge in [0.1, 0.15) is 0 Å². The van der Waals surface area contributed by atoms with Gasteiger partial charge in [0.25, 0.3) is 0 Å². The Morgan fingerprint density at radius 1 is 1.53 bits per heavy atom. The Morgan fingerprint density at radius 3 is 2.73 bits per heavy atom.